The number of rotatable bonds is 7. The van der Waals surface area contributed by atoms with Gasteiger partial charge < -0.3 is 9.84 Å². The smallest absolute Gasteiger partial charge is 0.274 e. The number of aromatic nitrogens is 3. The van der Waals surface area contributed by atoms with E-state index in [1.165, 1.54) is 17.1 Å². The van der Waals surface area contributed by atoms with Gasteiger partial charge in [-0.05, 0) is 24.8 Å². The number of hydrogen-bond acceptors (Lipinski definition) is 6. The van der Waals surface area contributed by atoms with Gasteiger partial charge in [0.2, 0.25) is 10.0 Å². The van der Waals surface area contributed by atoms with Crippen LogP contribution in [-0.4, -0.2) is 35.8 Å². The number of amides is 1. The van der Waals surface area contributed by atoms with Crippen molar-refractivity contribution < 1.29 is 17.7 Å². The Hall–Kier alpha value is -2.98. The molecule has 0 saturated carbocycles. The first-order valence-electron chi connectivity index (χ1n) is 10.3. The lowest BCUT2D eigenvalue weighted by Gasteiger charge is -2.19. The predicted octanol–water partition coefficient (Wildman–Crippen LogP) is 2.13. The number of sulfonamides is 1. The molecule has 3 aromatic rings. The molecule has 1 amide bonds. The summed E-state index contributed by atoms with van der Waals surface area (Å²) in [7, 11) is -2.12. The Bertz CT molecular complexity index is 1150. The van der Waals surface area contributed by atoms with E-state index in [0.29, 0.717) is 0 Å². The fourth-order valence-electron chi connectivity index (χ4n) is 3.72. The molecule has 2 aromatic heterocycles. The van der Waals surface area contributed by atoms with Gasteiger partial charge >= 0.3 is 0 Å². The number of benzene rings is 1. The number of carbonyl (C=O) groups excluding carboxylic acids is 1. The average Bonchev–Trinajstić information content (AvgIpc) is 3.32. The van der Waals surface area contributed by atoms with E-state index in [-0.39, 0.29) is 23.0 Å². The van der Waals surface area contributed by atoms with Gasteiger partial charge in [-0.15, -0.1) is 0 Å². The van der Waals surface area contributed by atoms with Crippen LogP contribution in [0, 0.1) is 0 Å². The molecule has 0 spiro atoms. The van der Waals surface area contributed by atoms with Crippen molar-refractivity contribution >= 4 is 15.9 Å². The summed E-state index contributed by atoms with van der Waals surface area (Å²) < 4.78 is 34.6. The van der Waals surface area contributed by atoms with Gasteiger partial charge in [0, 0.05) is 31.8 Å². The summed E-state index contributed by atoms with van der Waals surface area (Å²) in [5, 5.41) is 10.8. The minimum atomic E-state index is -3.77. The highest BCUT2D eigenvalue weighted by molar-refractivity contribution is 7.89. The standard InChI is InChI=1S/C21H25N5O4S/c1-26-14-16(12-22-26)31(28,29)23-13-18(15-8-4-2-5-9-15)24-21(27)20-17-10-6-3-7-11-19(17)30-25-20/h2,4-5,8-9,12,14,18,23H,3,6-7,10-11,13H2,1H3,(H,24,27). The third-order valence-corrected chi connectivity index (χ3v) is 6.77. The topological polar surface area (TPSA) is 119 Å². The van der Waals surface area contributed by atoms with Crippen molar-refractivity contribution in [1.82, 2.24) is 25.0 Å². The maximum atomic E-state index is 13.0. The average molecular weight is 444 g/mol. The molecule has 0 aliphatic heterocycles. The second-order valence-electron chi connectivity index (χ2n) is 7.63. The Labute approximate surface area is 180 Å². The first-order chi connectivity index (χ1) is 14.9. The van der Waals surface area contributed by atoms with Gasteiger partial charge in [-0.1, -0.05) is 41.9 Å². The van der Waals surface area contributed by atoms with Crippen LogP contribution in [0.4, 0.5) is 0 Å². The zero-order valence-corrected chi connectivity index (χ0v) is 18.1. The quantitative estimate of drug-likeness (QED) is 0.540. The normalized spacial score (nSPS) is 15.1. The highest BCUT2D eigenvalue weighted by Crippen LogP contribution is 2.24. The summed E-state index contributed by atoms with van der Waals surface area (Å²) >= 11 is 0. The van der Waals surface area contributed by atoms with Gasteiger partial charge in [0.05, 0.1) is 12.2 Å². The number of aryl methyl sites for hydroxylation is 2. The summed E-state index contributed by atoms with van der Waals surface area (Å²) in [6.07, 6.45) is 7.33. The van der Waals surface area contributed by atoms with E-state index in [4.69, 9.17) is 4.52 Å². The molecule has 0 radical (unpaired) electrons. The van der Waals surface area contributed by atoms with Crippen LogP contribution in [0.3, 0.4) is 0 Å². The molecule has 2 N–H and O–H groups in total. The van der Waals surface area contributed by atoms with Crippen molar-refractivity contribution in [1.29, 1.82) is 0 Å². The Kier molecular flexibility index (Phi) is 6.19. The molecular weight excluding hydrogens is 418 g/mol. The molecule has 0 bridgehead atoms. The molecule has 1 aromatic carbocycles. The number of nitrogens with zero attached hydrogens (tertiary/aromatic N) is 3. The monoisotopic (exact) mass is 443 g/mol. The minimum Gasteiger partial charge on any atom is -0.360 e. The van der Waals surface area contributed by atoms with E-state index in [0.717, 1.165) is 49.0 Å². The van der Waals surface area contributed by atoms with E-state index in [9.17, 15) is 13.2 Å². The third-order valence-electron chi connectivity index (χ3n) is 5.39. The second kappa shape index (κ2) is 9.03. The van der Waals surface area contributed by atoms with E-state index < -0.39 is 16.1 Å². The molecule has 0 fully saturated rings. The minimum absolute atomic E-state index is 0.0208. The van der Waals surface area contributed by atoms with E-state index in [2.05, 4.69) is 20.3 Å². The van der Waals surface area contributed by atoms with Gasteiger partial charge in [0.1, 0.15) is 10.7 Å². The van der Waals surface area contributed by atoms with Crippen molar-refractivity contribution in [2.75, 3.05) is 6.54 Å². The highest BCUT2D eigenvalue weighted by Gasteiger charge is 2.26. The zero-order valence-electron chi connectivity index (χ0n) is 17.2. The van der Waals surface area contributed by atoms with Crippen LogP contribution in [0.5, 0.6) is 0 Å². The van der Waals surface area contributed by atoms with Crippen molar-refractivity contribution in [3.8, 4) is 0 Å². The summed E-state index contributed by atoms with van der Waals surface area (Å²) in [4.78, 5) is 13.1. The van der Waals surface area contributed by atoms with Gasteiger partial charge in [0.25, 0.3) is 5.91 Å². The summed E-state index contributed by atoms with van der Waals surface area (Å²) in [6.45, 7) is -0.0208. The van der Waals surface area contributed by atoms with E-state index in [1.54, 1.807) is 7.05 Å². The van der Waals surface area contributed by atoms with Crippen molar-refractivity contribution in [3.63, 3.8) is 0 Å². The summed E-state index contributed by atoms with van der Waals surface area (Å²) in [5.74, 6) is 0.400. The Morgan fingerprint density at radius 3 is 2.71 bits per heavy atom. The van der Waals surface area contributed by atoms with E-state index >= 15 is 0 Å². The van der Waals surface area contributed by atoms with Crippen molar-refractivity contribution in [2.24, 2.45) is 7.05 Å². The SMILES string of the molecule is Cn1cc(S(=O)(=O)NCC(NC(=O)c2noc3c2CCCCC3)c2ccccc2)cn1. The Balaban J connectivity index is 1.54. The molecule has 0 saturated heterocycles. The number of fused-ring (bicyclic) bond motifs is 1. The zero-order chi connectivity index (χ0) is 21.8. The number of nitrogens with one attached hydrogen (secondary N) is 2. The van der Waals surface area contributed by atoms with Gasteiger partial charge in [0.15, 0.2) is 5.69 Å². The molecule has 1 aliphatic rings. The van der Waals surface area contributed by atoms with E-state index in [1.807, 2.05) is 30.3 Å². The molecule has 10 heteroatoms. The fraction of sp³-hybridized carbons (Fsp3) is 0.381. The first kappa shape index (κ1) is 21.3. The maximum absolute atomic E-state index is 13.0. The first-order valence-corrected chi connectivity index (χ1v) is 11.7. The van der Waals surface area contributed by atoms with Crippen LogP contribution < -0.4 is 10.0 Å². The van der Waals surface area contributed by atoms with Crippen LogP contribution in [0.15, 0.2) is 52.1 Å². The molecule has 31 heavy (non-hydrogen) atoms. The van der Waals surface area contributed by atoms with Crippen molar-refractivity contribution in [3.05, 3.63) is 65.3 Å². The molecule has 1 unspecified atom stereocenters. The molecule has 1 atom stereocenters. The molecule has 9 nitrogen and oxygen atoms in total. The molecule has 4 rings (SSSR count). The molecule has 1 aliphatic carbocycles. The maximum Gasteiger partial charge on any atom is 0.274 e. The lowest BCUT2D eigenvalue weighted by molar-refractivity contribution is 0.0927. The molecule has 164 valence electrons. The third kappa shape index (κ3) is 4.86. The number of carbonyl (C=O) groups is 1. The largest absolute Gasteiger partial charge is 0.360 e. The van der Waals surface area contributed by atoms with Crippen LogP contribution >= 0.6 is 0 Å². The lowest BCUT2D eigenvalue weighted by Crippen LogP contribution is -2.38. The Morgan fingerprint density at radius 1 is 1.19 bits per heavy atom. The van der Waals surface area contributed by atoms with Crippen LogP contribution in [0.2, 0.25) is 0 Å². The van der Waals surface area contributed by atoms with Crippen LogP contribution in [-0.2, 0) is 29.9 Å². The highest BCUT2D eigenvalue weighted by atomic mass is 32.2. The molecule has 2 heterocycles. The second-order valence-corrected chi connectivity index (χ2v) is 9.40. The molecular formula is C21H25N5O4S. The van der Waals surface area contributed by atoms with Gasteiger partial charge in [-0.2, -0.15) is 5.10 Å². The Morgan fingerprint density at radius 2 is 1.97 bits per heavy atom. The van der Waals surface area contributed by atoms with Crippen LogP contribution in [0.1, 0.15) is 52.7 Å². The van der Waals surface area contributed by atoms with Crippen molar-refractivity contribution in [2.45, 2.75) is 43.0 Å². The van der Waals surface area contributed by atoms with Gasteiger partial charge in [-0.3, -0.25) is 9.48 Å². The summed E-state index contributed by atoms with van der Waals surface area (Å²) in [6, 6.07) is 8.63. The lowest BCUT2D eigenvalue weighted by atomic mass is 10.1. The van der Waals surface area contributed by atoms with Crippen LogP contribution in [0.25, 0.3) is 0 Å². The number of hydrogen-bond donors (Lipinski definition) is 2. The predicted molar refractivity (Wildman–Crippen MR) is 113 cm³/mol. The fourth-order valence-corrected chi connectivity index (χ4v) is 4.75. The summed E-state index contributed by atoms with van der Waals surface area (Å²) in [5.41, 5.74) is 1.92. The van der Waals surface area contributed by atoms with Gasteiger partial charge in [-0.25, -0.2) is 13.1 Å².